The van der Waals surface area contributed by atoms with Crippen LogP contribution in [0.5, 0.6) is 0 Å². The van der Waals surface area contributed by atoms with Crippen molar-refractivity contribution in [3.63, 3.8) is 0 Å². The third kappa shape index (κ3) is 2.52. The maximum atomic E-state index is 12.3. The highest BCUT2D eigenvalue weighted by molar-refractivity contribution is 5.66. The molecule has 1 heterocycles. The van der Waals surface area contributed by atoms with Gasteiger partial charge in [-0.1, -0.05) is 13.8 Å². The van der Waals surface area contributed by atoms with E-state index in [1.807, 2.05) is 14.2 Å². The summed E-state index contributed by atoms with van der Waals surface area (Å²) in [4.78, 5) is 15.1. The number of fused-ring (bicyclic) bond motifs is 2. The van der Waals surface area contributed by atoms with Crippen LogP contribution in [0.3, 0.4) is 0 Å². The van der Waals surface area contributed by atoms with E-state index in [9.17, 15) is 4.79 Å². The van der Waals surface area contributed by atoms with Crippen LogP contribution in [0.25, 0.3) is 0 Å². The lowest BCUT2D eigenvalue weighted by Crippen LogP contribution is -2.76. The molecule has 6 fully saturated rings. The van der Waals surface area contributed by atoms with Crippen molar-refractivity contribution >= 4 is 5.97 Å². The van der Waals surface area contributed by atoms with E-state index in [2.05, 4.69) is 25.7 Å². The number of carbonyl (C=O) groups is 1. The number of ether oxygens (including phenoxy) is 4. The Kier molecular flexibility index (Phi) is 5.11. The normalized spacial score (nSPS) is 56.1. The van der Waals surface area contributed by atoms with Crippen LogP contribution in [-0.2, 0) is 23.7 Å². The minimum Gasteiger partial charge on any atom is -0.462 e. The van der Waals surface area contributed by atoms with Crippen LogP contribution in [-0.4, -0.2) is 74.7 Å². The van der Waals surface area contributed by atoms with Crippen LogP contribution in [0.4, 0.5) is 0 Å². The fourth-order valence-electron chi connectivity index (χ4n) is 11.2. The molecule has 0 aromatic rings. The molecule has 0 aromatic heterocycles. The minimum absolute atomic E-state index is 0.0730. The van der Waals surface area contributed by atoms with Gasteiger partial charge in [0.25, 0.3) is 0 Å². The fraction of sp³-hybridized carbons (Fsp3) is 0.963. The number of hydrogen-bond donors (Lipinski definition) is 0. The van der Waals surface area contributed by atoms with Crippen LogP contribution in [0, 0.1) is 40.4 Å². The van der Waals surface area contributed by atoms with Crippen molar-refractivity contribution < 1.29 is 23.7 Å². The molecular weight excluding hydrogens is 418 g/mol. The molecule has 0 amide bonds. The summed E-state index contributed by atoms with van der Waals surface area (Å²) in [6.07, 6.45) is 5.80. The van der Waals surface area contributed by atoms with Gasteiger partial charge in [-0.15, -0.1) is 0 Å². The Balaban J connectivity index is 1.59. The van der Waals surface area contributed by atoms with Crippen LogP contribution in [0.2, 0.25) is 0 Å². The fourth-order valence-corrected chi connectivity index (χ4v) is 11.2. The Morgan fingerprint density at radius 3 is 2.55 bits per heavy atom. The van der Waals surface area contributed by atoms with Gasteiger partial charge in [0.15, 0.2) is 0 Å². The summed E-state index contributed by atoms with van der Waals surface area (Å²) in [5.74, 6) is 1.82. The highest BCUT2D eigenvalue weighted by Crippen LogP contribution is 2.79. The number of esters is 1. The molecule has 0 aromatic carbocycles. The van der Waals surface area contributed by atoms with E-state index in [0.29, 0.717) is 35.8 Å². The van der Waals surface area contributed by atoms with Gasteiger partial charge in [0.05, 0.1) is 17.8 Å². The average molecular weight is 462 g/mol. The molecule has 7 bridgehead atoms. The molecule has 6 rings (SSSR count). The molecule has 0 N–H and O–H groups in total. The summed E-state index contributed by atoms with van der Waals surface area (Å²) in [5.41, 5.74) is 0.136. The first kappa shape index (κ1) is 22.8. The quantitative estimate of drug-likeness (QED) is 0.564. The topological polar surface area (TPSA) is 57.2 Å². The van der Waals surface area contributed by atoms with Crippen LogP contribution >= 0.6 is 0 Å². The SMILES string of the molecule is CCO[C@]12C[C@H](OC)[C@H]3C[C@H]([C@@H]1[C@H]3OC(C)=O)[C@@]13[C@@H](OC)CC[C@@]4(C)CN(CC)[C@@H]1[C@@H]2C[C@H]43. The monoisotopic (exact) mass is 461 g/mol. The molecule has 1 aliphatic heterocycles. The number of methoxy groups -OCH3 is 2. The molecule has 33 heavy (non-hydrogen) atoms. The van der Waals surface area contributed by atoms with E-state index in [0.717, 1.165) is 25.8 Å². The first-order valence-corrected chi connectivity index (χ1v) is 13.4. The molecule has 1 saturated heterocycles. The second-order valence-corrected chi connectivity index (χ2v) is 12.3. The van der Waals surface area contributed by atoms with Gasteiger partial charge in [0.2, 0.25) is 0 Å². The standard InChI is InChI=1S/C27H43NO5/c1-7-28-14-25(4)10-9-21(31-6)27-17-11-16-19(30-5)13-26(32-8-2,18(24(27)28)12-20(25)27)22(17)23(16)33-15(3)29/h16-24H,7-14H2,1-6H3/t16-,17-,18+,19+,20-,21+,22-,23+,24-,25+,26+,27-/m1/s1. The maximum Gasteiger partial charge on any atom is 0.302 e. The predicted octanol–water partition coefficient (Wildman–Crippen LogP) is 3.52. The number of hydrogen-bond acceptors (Lipinski definition) is 6. The summed E-state index contributed by atoms with van der Waals surface area (Å²) in [6.45, 7) is 11.5. The van der Waals surface area contributed by atoms with Gasteiger partial charge in [-0.05, 0) is 56.4 Å². The molecule has 5 saturated carbocycles. The van der Waals surface area contributed by atoms with E-state index in [1.54, 1.807) is 6.92 Å². The summed E-state index contributed by atoms with van der Waals surface area (Å²) < 4.78 is 25.7. The first-order valence-electron chi connectivity index (χ1n) is 13.4. The van der Waals surface area contributed by atoms with E-state index in [-0.39, 0.29) is 47.1 Å². The molecule has 0 unspecified atom stereocenters. The lowest BCUT2D eigenvalue weighted by molar-refractivity contribution is -0.282. The molecule has 6 nitrogen and oxygen atoms in total. The average Bonchev–Trinajstić information content (AvgIpc) is 3.22. The molecule has 186 valence electrons. The van der Waals surface area contributed by atoms with Gasteiger partial charge in [-0.3, -0.25) is 9.69 Å². The molecular formula is C27H43NO5. The molecule has 1 spiro atoms. The van der Waals surface area contributed by atoms with E-state index < -0.39 is 0 Å². The van der Waals surface area contributed by atoms with Crippen LogP contribution < -0.4 is 0 Å². The first-order chi connectivity index (χ1) is 15.8. The number of piperidine rings is 1. The van der Waals surface area contributed by atoms with Gasteiger partial charge < -0.3 is 18.9 Å². The lowest BCUT2D eigenvalue weighted by Gasteiger charge is -2.69. The maximum absolute atomic E-state index is 12.3. The summed E-state index contributed by atoms with van der Waals surface area (Å²) in [6, 6.07) is 0.478. The van der Waals surface area contributed by atoms with Gasteiger partial charge in [-0.25, -0.2) is 0 Å². The van der Waals surface area contributed by atoms with E-state index >= 15 is 0 Å². The smallest absolute Gasteiger partial charge is 0.302 e. The van der Waals surface area contributed by atoms with Crippen molar-refractivity contribution in [2.45, 2.75) is 89.8 Å². The Hall–Kier alpha value is -0.690. The van der Waals surface area contributed by atoms with Crippen molar-refractivity contribution in [3.05, 3.63) is 0 Å². The summed E-state index contributed by atoms with van der Waals surface area (Å²) >= 11 is 0. The van der Waals surface area contributed by atoms with Crippen molar-refractivity contribution in [1.82, 2.24) is 4.90 Å². The van der Waals surface area contributed by atoms with Gasteiger partial charge in [0, 0.05) is 69.9 Å². The second kappa shape index (κ2) is 7.41. The van der Waals surface area contributed by atoms with Crippen molar-refractivity contribution in [2.75, 3.05) is 33.9 Å². The number of carbonyl (C=O) groups excluding carboxylic acids is 1. The zero-order valence-corrected chi connectivity index (χ0v) is 21.3. The van der Waals surface area contributed by atoms with Crippen LogP contribution in [0.15, 0.2) is 0 Å². The molecule has 12 atom stereocenters. The zero-order valence-electron chi connectivity index (χ0n) is 21.3. The predicted molar refractivity (Wildman–Crippen MR) is 124 cm³/mol. The molecule has 5 aliphatic carbocycles. The molecule has 6 aliphatic rings. The van der Waals surface area contributed by atoms with Crippen molar-refractivity contribution in [2.24, 2.45) is 40.4 Å². The van der Waals surface area contributed by atoms with Gasteiger partial charge in [0.1, 0.15) is 6.10 Å². The van der Waals surface area contributed by atoms with Crippen molar-refractivity contribution in [1.29, 1.82) is 0 Å². The summed E-state index contributed by atoms with van der Waals surface area (Å²) in [5, 5.41) is 0. The molecule has 6 heteroatoms. The Morgan fingerprint density at radius 2 is 1.91 bits per heavy atom. The van der Waals surface area contributed by atoms with Crippen LogP contribution in [0.1, 0.15) is 59.8 Å². The number of likely N-dealkylation sites (tertiary alicyclic amines) is 1. The van der Waals surface area contributed by atoms with E-state index in [4.69, 9.17) is 18.9 Å². The Bertz CT molecular complexity index is 820. The summed E-state index contributed by atoms with van der Waals surface area (Å²) in [7, 11) is 3.77. The Morgan fingerprint density at radius 1 is 1.12 bits per heavy atom. The van der Waals surface area contributed by atoms with Gasteiger partial charge >= 0.3 is 5.97 Å². The highest BCUT2D eigenvalue weighted by atomic mass is 16.6. The third-order valence-corrected chi connectivity index (χ3v) is 11.6. The van der Waals surface area contributed by atoms with E-state index in [1.165, 1.54) is 19.4 Å². The highest BCUT2D eigenvalue weighted by Gasteiger charge is 2.84. The molecule has 0 radical (unpaired) electrons. The Labute approximate surface area is 199 Å². The minimum atomic E-state index is -0.294. The second-order valence-electron chi connectivity index (χ2n) is 12.3. The number of rotatable bonds is 6. The zero-order chi connectivity index (χ0) is 23.3. The van der Waals surface area contributed by atoms with Crippen molar-refractivity contribution in [3.8, 4) is 0 Å². The largest absolute Gasteiger partial charge is 0.462 e. The number of nitrogens with zero attached hydrogens (tertiary/aromatic N) is 1. The third-order valence-electron chi connectivity index (χ3n) is 11.6. The van der Waals surface area contributed by atoms with Gasteiger partial charge in [-0.2, -0.15) is 0 Å². The lowest BCUT2D eigenvalue weighted by atomic mass is 9.43.